The van der Waals surface area contributed by atoms with Gasteiger partial charge in [-0.15, -0.1) is 0 Å². The third kappa shape index (κ3) is 6.63. The van der Waals surface area contributed by atoms with Gasteiger partial charge in [0, 0.05) is 17.6 Å². The number of nitrogens with zero attached hydrogens (tertiary/aromatic N) is 3. The average molecular weight is 537 g/mol. The van der Waals surface area contributed by atoms with Gasteiger partial charge in [-0.2, -0.15) is 5.10 Å². The molecule has 0 aliphatic rings. The lowest BCUT2D eigenvalue weighted by Crippen LogP contribution is -2.42. The van der Waals surface area contributed by atoms with Gasteiger partial charge in [0.05, 0.1) is 30.6 Å². The average Bonchev–Trinajstić information content (AvgIpc) is 3.19. The number of halogens is 2. The van der Waals surface area contributed by atoms with Gasteiger partial charge in [0.15, 0.2) is 0 Å². The number of benzene rings is 3. The molecule has 0 bridgehead atoms. The molecule has 0 aliphatic carbocycles. The Morgan fingerprint density at radius 2 is 1.74 bits per heavy atom. The van der Waals surface area contributed by atoms with E-state index >= 15 is 0 Å². The molecule has 7 nitrogen and oxygen atoms in total. The van der Waals surface area contributed by atoms with E-state index in [1.54, 1.807) is 65.2 Å². The summed E-state index contributed by atoms with van der Waals surface area (Å²) in [6.45, 7) is 6.13. The third-order valence-corrected chi connectivity index (χ3v) is 6.03. The Labute approximate surface area is 226 Å². The molecule has 198 valence electrons. The van der Waals surface area contributed by atoms with E-state index in [1.807, 2.05) is 32.9 Å². The molecular formula is C29H30ClFN4O3. The lowest BCUT2D eigenvalue weighted by Gasteiger charge is -2.25. The van der Waals surface area contributed by atoms with Gasteiger partial charge < -0.3 is 19.7 Å². The number of carbonyl (C=O) groups is 1. The van der Waals surface area contributed by atoms with Crippen LogP contribution in [0.1, 0.15) is 30.7 Å². The molecule has 2 amide bonds. The highest BCUT2D eigenvalue weighted by atomic mass is 35.5. The first-order valence-electron chi connectivity index (χ1n) is 12.2. The highest BCUT2D eigenvalue weighted by Crippen LogP contribution is 2.33. The molecule has 0 aliphatic heterocycles. The van der Waals surface area contributed by atoms with Crippen LogP contribution in [0.4, 0.5) is 9.18 Å². The van der Waals surface area contributed by atoms with E-state index in [1.165, 1.54) is 12.1 Å². The van der Waals surface area contributed by atoms with Crippen molar-refractivity contribution in [3.05, 3.63) is 100 Å². The first-order valence-corrected chi connectivity index (χ1v) is 12.6. The summed E-state index contributed by atoms with van der Waals surface area (Å²) in [6.07, 6.45) is 0. The molecule has 3 aromatic carbocycles. The highest BCUT2D eigenvalue weighted by molar-refractivity contribution is 6.30. The zero-order chi connectivity index (χ0) is 27.2. The number of amides is 2. The summed E-state index contributed by atoms with van der Waals surface area (Å²) in [7, 11) is 1.60. The smallest absolute Gasteiger partial charge is 0.318 e. The molecule has 1 heterocycles. The molecule has 4 rings (SSSR count). The van der Waals surface area contributed by atoms with Crippen molar-refractivity contribution in [3.63, 3.8) is 0 Å². The van der Waals surface area contributed by atoms with Crippen LogP contribution in [0, 0.1) is 12.7 Å². The Kier molecular flexibility index (Phi) is 8.53. The monoisotopic (exact) mass is 536 g/mol. The van der Waals surface area contributed by atoms with Crippen LogP contribution in [0.25, 0.3) is 5.69 Å². The van der Waals surface area contributed by atoms with Crippen molar-refractivity contribution < 1.29 is 18.7 Å². The van der Waals surface area contributed by atoms with Crippen LogP contribution in [0.15, 0.2) is 72.8 Å². The van der Waals surface area contributed by atoms with Gasteiger partial charge in [0.1, 0.15) is 17.3 Å². The lowest BCUT2D eigenvalue weighted by molar-refractivity contribution is 0.189. The fraction of sp³-hybridized carbons (Fsp3) is 0.241. The van der Waals surface area contributed by atoms with Crippen LogP contribution in [0.2, 0.25) is 5.02 Å². The largest absolute Gasteiger partial charge is 0.497 e. The fourth-order valence-electron chi connectivity index (χ4n) is 3.90. The van der Waals surface area contributed by atoms with Crippen LogP contribution in [-0.2, 0) is 13.1 Å². The molecule has 1 N–H and O–H groups in total. The predicted octanol–water partition coefficient (Wildman–Crippen LogP) is 6.89. The van der Waals surface area contributed by atoms with Crippen molar-refractivity contribution in [1.82, 2.24) is 20.0 Å². The second-order valence-electron chi connectivity index (χ2n) is 9.13. The third-order valence-electron chi connectivity index (χ3n) is 5.80. The summed E-state index contributed by atoms with van der Waals surface area (Å²) < 4.78 is 26.8. The summed E-state index contributed by atoms with van der Waals surface area (Å²) in [5.41, 5.74) is 2.92. The molecule has 0 saturated heterocycles. The Morgan fingerprint density at radius 1 is 1.05 bits per heavy atom. The number of nitrogens with one attached hydrogen (secondary N) is 1. The van der Waals surface area contributed by atoms with Gasteiger partial charge in [-0.1, -0.05) is 29.8 Å². The van der Waals surface area contributed by atoms with Crippen molar-refractivity contribution in [2.75, 3.05) is 7.11 Å². The van der Waals surface area contributed by atoms with Crippen molar-refractivity contribution in [2.24, 2.45) is 0 Å². The second kappa shape index (κ2) is 12.0. The highest BCUT2D eigenvalue weighted by Gasteiger charge is 2.24. The molecular weight excluding hydrogens is 507 g/mol. The number of ether oxygens (including phenoxy) is 2. The Balaban J connectivity index is 1.76. The molecule has 0 spiro atoms. The zero-order valence-electron chi connectivity index (χ0n) is 21.7. The van der Waals surface area contributed by atoms with Crippen LogP contribution < -0.4 is 14.8 Å². The number of hydrogen-bond acceptors (Lipinski definition) is 4. The molecule has 0 radical (unpaired) electrons. The minimum atomic E-state index is -0.333. The molecule has 1 aromatic heterocycles. The number of urea groups is 1. The Bertz CT molecular complexity index is 1390. The Hall–Kier alpha value is -4.04. The predicted molar refractivity (Wildman–Crippen MR) is 146 cm³/mol. The van der Waals surface area contributed by atoms with Gasteiger partial charge in [-0.3, -0.25) is 0 Å². The second-order valence-corrected chi connectivity index (χ2v) is 9.56. The van der Waals surface area contributed by atoms with Crippen molar-refractivity contribution in [2.45, 2.75) is 39.9 Å². The van der Waals surface area contributed by atoms with Crippen LogP contribution >= 0.6 is 11.6 Å². The minimum absolute atomic E-state index is 0.0662. The Morgan fingerprint density at radius 3 is 2.37 bits per heavy atom. The maximum absolute atomic E-state index is 13.5. The first-order chi connectivity index (χ1) is 18.2. The van der Waals surface area contributed by atoms with E-state index in [0.717, 1.165) is 11.1 Å². The molecule has 38 heavy (non-hydrogen) atoms. The molecule has 4 aromatic rings. The van der Waals surface area contributed by atoms with E-state index in [9.17, 15) is 9.18 Å². The SMILES string of the molecule is COc1ccc(Oc2c(CN(Cc3ccc(F)cc3)C(=O)NC(C)C)c(C)nn2-c2cccc(Cl)c2)cc1. The van der Waals surface area contributed by atoms with Gasteiger partial charge in [0.2, 0.25) is 5.88 Å². The van der Waals surface area contributed by atoms with Crippen molar-refractivity contribution in [1.29, 1.82) is 0 Å². The molecule has 0 unspecified atom stereocenters. The number of carbonyl (C=O) groups excluding carboxylic acids is 1. The quantitative estimate of drug-likeness (QED) is 0.253. The molecule has 9 heteroatoms. The summed E-state index contributed by atoms with van der Waals surface area (Å²) in [4.78, 5) is 14.9. The summed E-state index contributed by atoms with van der Waals surface area (Å²) >= 11 is 6.28. The fourth-order valence-corrected chi connectivity index (χ4v) is 4.09. The topological polar surface area (TPSA) is 68.6 Å². The number of methoxy groups -OCH3 is 1. The zero-order valence-corrected chi connectivity index (χ0v) is 22.5. The van der Waals surface area contributed by atoms with Crippen LogP contribution in [0.5, 0.6) is 17.4 Å². The van der Waals surface area contributed by atoms with Gasteiger partial charge >= 0.3 is 6.03 Å². The number of rotatable bonds is 9. The number of aryl methyl sites for hydroxylation is 1. The van der Waals surface area contributed by atoms with E-state index in [-0.39, 0.29) is 31.0 Å². The number of aromatic nitrogens is 2. The maximum Gasteiger partial charge on any atom is 0.318 e. The summed E-state index contributed by atoms with van der Waals surface area (Å²) in [5, 5.41) is 8.26. The maximum atomic E-state index is 13.5. The standard InChI is InChI=1S/C29H30ClFN4O3/c1-19(2)32-29(36)34(17-21-8-10-23(31)11-9-21)18-27-20(3)33-35(24-7-5-6-22(30)16-24)28(27)38-26-14-12-25(37-4)13-15-26/h5-16,19H,17-18H2,1-4H3,(H,32,36). The van der Waals surface area contributed by atoms with E-state index in [4.69, 9.17) is 26.2 Å². The lowest BCUT2D eigenvalue weighted by atomic mass is 10.2. The first kappa shape index (κ1) is 27.0. The van der Waals surface area contributed by atoms with Crippen molar-refractivity contribution in [3.8, 4) is 23.1 Å². The number of hydrogen-bond donors (Lipinski definition) is 1. The van der Waals surface area contributed by atoms with Gasteiger partial charge in [-0.05, 0) is 80.9 Å². The van der Waals surface area contributed by atoms with Crippen molar-refractivity contribution >= 4 is 17.6 Å². The van der Waals surface area contributed by atoms with Gasteiger partial charge in [0.25, 0.3) is 0 Å². The molecule has 0 fully saturated rings. The van der Waals surface area contributed by atoms with E-state index < -0.39 is 0 Å². The minimum Gasteiger partial charge on any atom is -0.497 e. The molecule has 0 atom stereocenters. The normalized spacial score (nSPS) is 10.9. The van der Waals surface area contributed by atoms with Crippen LogP contribution in [0.3, 0.4) is 0 Å². The van der Waals surface area contributed by atoms with E-state index in [2.05, 4.69) is 5.32 Å². The van der Waals surface area contributed by atoms with Gasteiger partial charge in [-0.25, -0.2) is 13.9 Å². The molecule has 0 saturated carbocycles. The summed E-state index contributed by atoms with van der Waals surface area (Å²) in [6, 6.07) is 20.3. The van der Waals surface area contributed by atoms with Crippen LogP contribution in [-0.4, -0.2) is 33.9 Å². The summed E-state index contributed by atoms with van der Waals surface area (Å²) in [5.74, 6) is 1.40. The van der Waals surface area contributed by atoms with E-state index in [0.29, 0.717) is 33.8 Å².